The maximum Gasteiger partial charge on any atom is 0.0540 e. The Morgan fingerprint density at radius 3 is 0.923 bits per heavy atom. The van der Waals surface area contributed by atoms with E-state index in [2.05, 4.69) is 385 Å². The molecule has 0 aliphatic heterocycles. The number of anilines is 12. The minimum Gasteiger partial charge on any atom is -0.310 e. The summed E-state index contributed by atoms with van der Waals surface area (Å²) >= 11 is 0. The lowest BCUT2D eigenvalue weighted by Gasteiger charge is -2.28. The summed E-state index contributed by atoms with van der Waals surface area (Å²) in [7, 11) is 0. The summed E-state index contributed by atoms with van der Waals surface area (Å²) in [5, 5.41) is 7.24. The van der Waals surface area contributed by atoms with Crippen LogP contribution in [0.1, 0.15) is 22.3 Å². The van der Waals surface area contributed by atoms with E-state index in [1.54, 1.807) is 0 Å². The average molecular weight is 1170 g/mol. The monoisotopic (exact) mass is 1170 g/mol. The second-order valence-corrected chi connectivity index (χ2v) is 23.5. The Labute approximate surface area is 533 Å². The summed E-state index contributed by atoms with van der Waals surface area (Å²) < 4.78 is 0. The standard InChI is InChI=1S/C87H66N4/c1-62-31-45-82(59-63(62)2)88(74-23-5-3-6-24-74)76-50-36-67(37-51-76)69-40-54-80(55-41-69)90(86-29-15-21-71-18-11-13-27-84(71)86)78-46-32-64(33-47-78)60-65-34-48-79(49-35-65)91(87-30-16-22-72-19-12-14-28-85(72)87)81-56-42-70(43-57-81)68-38-52-77(53-39-68)89(75-25-7-4-8-26-75)83-58-44-66-17-9-10-20-73(66)61-83/h3-59,61H,60H2,1-2H3. The number of rotatable bonds is 16. The van der Waals surface area contributed by atoms with Gasteiger partial charge in [-0.3, -0.25) is 0 Å². The number of fused-ring (bicyclic) bond motifs is 3. The quantitative estimate of drug-likeness (QED) is 0.0956. The van der Waals surface area contributed by atoms with Gasteiger partial charge in [0.05, 0.1) is 11.4 Å². The predicted molar refractivity (Wildman–Crippen MR) is 387 cm³/mol. The van der Waals surface area contributed by atoms with Crippen molar-refractivity contribution in [3.63, 3.8) is 0 Å². The first kappa shape index (κ1) is 55.8. The first-order valence-electron chi connectivity index (χ1n) is 31.3. The first-order chi connectivity index (χ1) is 44.9. The predicted octanol–water partition coefficient (Wildman–Crippen LogP) is 24.6. The van der Waals surface area contributed by atoms with Gasteiger partial charge in [0.25, 0.3) is 0 Å². The Hall–Kier alpha value is -11.7. The van der Waals surface area contributed by atoms with Crippen LogP contribution in [0.4, 0.5) is 68.2 Å². The van der Waals surface area contributed by atoms with Gasteiger partial charge in [0.1, 0.15) is 0 Å². The molecule has 0 saturated carbocycles. The summed E-state index contributed by atoms with van der Waals surface area (Å²) in [5.41, 5.74) is 23.0. The summed E-state index contributed by atoms with van der Waals surface area (Å²) in [6.45, 7) is 4.35. The topological polar surface area (TPSA) is 13.0 Å². The van der Waals surface area contributed by atoms with Gasteiger partial charge in [-0.2, -0.15) is 0 Å². The van der Waals surface area contributed by atoms with Crippen molar-refractivity contribution in [2.75, 3.05) is 19.6 Å². The molecule has 15 aromatic carbocycles. The van der Waals surface area contributed by atoms with Crippen LogP contribution in [0.25, 0.3) is 54.6 Å². The van der Waals surface area contributed by atoms with Crippen LogP contribution in [0.3, 0.4) is 0 Å². The summed E-state index contributed by atoms with van der Waals surface area (Å²) in [5.74, 6) is 0. The van der Waals surface area contributed by atoms with Crippen molar-refractivity contribution in [3.8, 4) is 22.3 Å². The molecule has 15 aromatic rings. The molecule has 0 saturated heterocycles. The van der Waals surface area contributed by atoms with Crippen LogP contribution in [-0.4, -0.2) is 0 Å². The van der Waals surface area contributed by atoms with Gasteiger partial charge in [-0.1, -0.05) is 218 Å². The van der Waals surface area contributed by atoms with E-state index < -0.39 is 0 Å². The van der Waals surface area contributed by atoms with E-state index in [1.165, 1.54) is 54.6 Å². The van der Waals surface area contributed by atoms with Gasteiger partial charge in [-0.05, 0) is 220 Å². The zero-order chi connectivity index (χ0) is 61.0. The van der Waals surface area contributed by atoms with Crippen LogP contribution in [0, 0.1) is 13.8 Å². The normalized spacial score (nSPS) is 11.2. The van der Waals surface area contributed by atoms with Crippen LogP contribution >= 0.6 is 0 Å². The van der Waals surface area contributed by atoms with Crippen molar-refractivity contribution in [1.29, 1.82) is 0 Å². The van der Waals surface area contributed by atoms with Crippen molar-refractivity contribution in [3.05, 3.63) is 374 Å². The smallest absolute Gasteiger partial charge is 0.0540 e. The van der Waals surface area contributed by atoms with Gasteiger partial charge in [0.2, 0.25) is 0 Å². The van der Waals surface area contributed by atoms with Gasteiger partial charge >= 0.3 is 0 Å². The van der Waals surface area contributed by atoms with E-state index in [1.807, 2.05) is 0 Å². The number of hydrogen-bond acceptors (Lipinski definition) is 4. The fraction of sp³-hybridized carbons (Fsp3) is 0.0345. The molecule has 0 bridgehead atoms. The molecule has 4 nitrogen and oxygen atoms in total. The minimum absolute atomic E-state index is 0.795. The minimum atomic E-state index is 0.795. The molecular formula is C87H66N4. The van der Waals surface area contributed by atoms with Crippen LogP contribution in [0.15, 0.2) is 352 Å². The summed E-state index contributed by atoms with van der Waals surface area (Å²) in [6.07, 6.45) is 0.795. The lowest BCUT2D eigenvalue weighted by Crippen LogP contribution is -2.11. The van der Waals surface area contributed by atoms with Gasteiger partial charge < -0.3 is 19.6 Å². The molecule has 0 atom stereocenters. The molecule has 0 heterocycles. The molecule has 15 rings (SSSR count). The fourth-order valence-corrected chi connectivity index (χ4v) is 12.9. The van der Waals surface area contributed by atoms with Crippen molar-refractivity contribution in [2.45, 2.75) is 20.3 Å². The van der Waals surface area contributed by atoms with Gasteiger partial charge in [-0.15, -0.1) is 0 Å². The molecule has 0 radical (unpaired) electrons. The second kappa shape index (κ2) is 24.8. The maximum absolute atomic E-state index is 2.40. The highest BCUT2D eigenvalue weighted by Crippen LogP contribution is 2.44. The SMILES string of the molecule is Cc1ccc(N(c2ccccc2)c2ccc(-c3ccc(N(c4ccc(Cc5ccc(N(c6ccc(-c7ccc(N(c8ccccc8)c8ccc9ccccc9c8)cc7)cc6)c6cccc7ccccc67)cc5)cc4)c4cccc5ccccc45)cc3)cc2)cc1C. The molecule has 0 spiro atoms. The molecule has 0 N–H and O–H groups in total. The van der Waals surface area contributed by atoms with Gasteiger partial charge in [0, 0.05) is 67.6 Å². The maximum atomic E-state index is 2.40. The van der Waals surface area contributed by atoms with Crippen LogP contribution in [-0.2, 0) is 6.42 Å². The van der Waals surface area contributed by atoms with E-state index in [4.69, 9.17) is 0 Å². The van der Waals surface area contributed by atoms with E-state index in [0.717, 1.165) is 96.9 Å². The van der Waals surface area contributed by atoms with Crippen molar-refractivity contribution >= 4 is 101 Å². The highest BCUT2D eigenvalue weighted by atomic mass is 15.2. The fourth-order valence-electron chi connectivity index (χ4n) is 12.9. The lowest BCUT2D eigenvalue weighted by molar-refractivity contribution is 1.18. The number of hydrogen-bond donors (Lipinski definition) is 0. The molecule has 0 fully saturated rings. The number of nitrogens with zero attached hydrogens (tertiary/aromatic N) is 4. The summed E-state index contributed by atoms with van der Waals surface area (Å²) in [4.78, 5) is 9.46. The molecule has 0 aliphatic carbocycles. The third-order valence-corrected chi connectivity index (χ3v) is 17.7. The molecule has 0 amide bonds. The van der Waals surface area contributed by atoms with Crippen LogP contribution < -0.4 is 19.6 Å². The average Bonchev–Trinajstić information content (AvgIpc) is 3.73. The zero-order valence-electron chi connectivity index (χ0n) is 51.0. The Morgan fingerprint density at radius 1 is 0.198 bits per heavy atom. The van der Waals surface area contributed by atoms with Crippen LogP contribution in [0.5, 0.6) is 0 Å². The van der Waals surface area contributed by atoms with Gasteiger partial charge in [0.15, 0.2) is 0 Å². The van der Waals surface area contributed by atoms with E-state index in [0.29, 0.717) is 0 Å². The Kier molecular flexibility index (Phi) is 15.2. The van der Waals surface area contributed by atoms with Crippen molar-refractivity contribution in [1.82, 2.24) is 0 Å². The molecule has 0 aliphatic rings. The van der Waals surface area contributed by atoms with Crippen molar-refractivity contribution < 1.29 is 0 Å². The third-order valence-electron chi connectivity index (χ3n) is 17.7. The van der Waals surface area contributed by atoms with Gasteiger partial charge in [-0.25, -0.2) is 0 Å². The van der Waals surface area contributed by atoms with E-state index in [-0.39, 0.29) is 0 Å². The van der Waals surface area contributed by atoms with Crippen LogP contribution in [0.2, 0.25) is 0 Å². The number of benzene rings is 15. The van der Waals surface area contributed by atoms with Crippen molar-refractivity contribution in [2.24, 2.45) is 0 Å². The zero-order valence-corrected chi connectivity index (χ0v) is 51.0. The first-order valence-corrected chi connectivity index (χ1v) is 31.3. The number of aryl methyl sites for hydroxylation is 2. The molecule has 91 heavy (non-hydrogen) atoms. The van der Waals surface area contributed by atoms with E-state index >= 15 is 0 Å². The van der Waals surface area contributed by atoms with E-state index in [9.17, 15) is 0 Å². The summed E-state index contributed by atoms with van der Waals surface area (Å²) in [6, 6.07) is 128. The Morgan fingerprint density at radius 2 is 0.505 bits per heavy atom. The third kappa shape index (κ3) is 11.5. The molecule has 0 aromatic heterocycles. The number of para-hydroxylation sites is 2. The molecule has 0 unspecified atom stereocenters. The highest BCUT2D eigenvalue weighted by molar-refractivity contribution is 6.01. The molecule has 4 heteroatoms. The Balaban J connectivity index is 0.693. The largest absolute Gasteiger partial charge is 0.310 e. The highest BCUT2D eigenvalue weighted by Gasteiger charge is 2.20. The Bertz CT molecular complexity index is 5000. The lowest BCUT2D eigenvalue weighted by atomic mass is 10.0. The molecular weight excluding hydrogens is 1100 g/mol. The molecule has 434 valence electrons. The second-order valence-electron chi connectivity index (χ2n) is 23.5.